The first-order chi connectivity index (χ1) is 12.7. The lowest BCUT2D eigenvalue weighted by molar-refractivity contribution is -0.116. The Labute approximate surface area is 161 Å². The number of hydrogen-bond donors (Lipinski definition) is 1. The Hall–Kier alpha value is -2.98. The van der Waals surface area contributed by atoms with Gasteiger partial charge in [-0.05, 0) is 28.5 Å². The third-order valence-corrected chi connectivity index (χ3v) is 5.30. The highest BCUT2D eigenvalue weighted by molar-refractivity contribution is 7.14. The van der Waals surface area contributed by atoms with Gasteiger partial charge in [0.25, 0.3) is 11.8 Å². The molecule has 7 heteroatoms. The van der Waals surface area contributed by atoms with E-state index in [1.54, 1.807) is 24.3 Å². The molecule has 138 valence electrons. The Balaban J connectivity index is 1.67. The zero-order valence-corrected chi connectivity index (χ0v) is 16.1. The predicted octanol–water partition coefficient (Wildman–Crippen LogP) is 3.54. The van der Waals surface area contributed by atoms with Gasteiger partial charge in [0.15, 0.2) is 0 Å². The average Bonchev–Trinajstić information content (AvgIpc) is 3.13. The van der Waals surface area contributed by atoms with Gasteiger partial charge in [-0.15, -0.1) is 11.3 Å². The number of amides is 3. The van der Waals surface area contributed by atoms with Crippen LogP contribution in [-0.2, 0) is 10.2 Å². The molecule has 2 aromatic rings. The number of anilines is 1. The van der Waals surface area contributed by atoms with Crippen LogP contribution in [0.3, 0.4) is 0 Å². The lowest BCUT2D eigenvalue weighted by atomic mass is 9.86. The van der Waals surface area contributed by atoms with Gasteiger partial charge in [-0.3, -0.25) is 19.3 Å². The topological polar surface area (TPSA) is 90.3 Å². The van der Waals surface area contributed by atoms with Crippen molar-refractivity contribution in [1.82, 2.24) is 4.90 Å². The SMILES string of the molecule is CC(C)(C)c1csc(NC(=O)CCN2C(=O)c3ccccc3C2=O)c1C#N. The molecule has 0 unspecified atom stereocenters. The van der Waals surface area contributed by atoms with Gasteiger partial charge in [-0.2, -0.15) is 5.26 Å². The number of carbonyl (C=O) groups is 3. The maximum absolute atomic E-state index is 12.3. The highest BCUT2D eigenvalue weighted by Crippen LogP contribution is 2.35. The summed E-state index contributed by atoms with van der Waals surface area (Å²) in [7, 11) is 0. The Morgan fingerprint density at radius 1 is 1.19 bits per heavy atom. The molecule has 6 nitrogen and oxygen atoms in total. The Kier molecular flexibility index (Phi) is 4.85. The van der Waals surface area contributed by atoms with Crippen LogP contribution in [0.2, 0.25) is 0 Å². The number of nitriles is 1. The van der Waals surface area contributed by atoms with E-state index in [-0.39, 0.29) is 36.1 Å². The van der Waals surface area contributed by atoms with E-state index in [9.17, 15) is 19.6 Å². The van der Waals surface area contributed by atoms with Crippen molar-refractivity contribution in [3.05, 3.63) is 51.9 Å². The van der Waals surface area contributed by atoms with Crippen LogP contribution in [0.5, 0.6) is 0 Å². The Bertz CT molecular complexity index is 944. The van der Waals surface area contributed by atoms with Crippen LogP contribution in [0.25, 0.3) is 0 Å². The minimum Gasteiger partial charge on any atom is -0.317 e. The van der Waals surface area contributed by atoms with Crippen molar-refractivity contribution < 1.29 is 14.4 Å². The van der Waals surface area contributed by atoms with Crippen molar-refractivity contribution in [3.8, 4) is 6.07 Å². The molecule has 0 bridgehead atoms. The summed E-state index contributed by atoms with van der Waals surface area (Å²) >= 11 is 1.30. The Morgan fingerprint density at radius 3 is 2.30 bits per heavy atom. The lowest BCUT2D eigenvalue weighted by Crippen LogP contribution is -2.32. The van der Waals surface area contributed by atoms with Crippen LogP contribution in [0.4, 0.5) is 5.00 Å². The largest absolute Gasteiger partial charge is 0.317 e. The fraction of sp³-hybridized carbons (Fsp3) is 0.300. The van der Waals surface area contributed by atoms with E-state index in [4.69, 9.17) is 0 Å². The van der Waals surface area contributed by atoms with Gasteiger partial charge in [-0.25, -0.2) is 0 Å². The summed E-state index contributed by atoms with van der Waals surface area (Å²) in [5.41, 5.74) is 1.86. The Morgan fingerprint density at radius 2 is 1.78 bits per heavy atom. The normalized spacial score (nSPS) is 13.5. The predicted molar refractivity (Wildman–Crippen MR) is 103 cm³/mol. The zero-order chi connectivity index (χ0) is 19.8. The molecular weight excluding hydrogens is 362 g/mol. The lowest BCUT2D eigenvalue weighted by Gasteiger charge is -2.17. The van der Waals surface area contributed by atoms with Gasteiger partial charge in [0.2, 0.25) is 5.91 Å². The molecule has 1 aromatic carbocycles. The number of benzene rings is 1. The van der Waals surface area contributed by atoms with Crippen LogP contribution in [0.1, 0.15) is 59.0 Å². The van der Waals surface area contributed by atoms with Crippen LogP contribution in [0, 0.1) is 11.3 Å². The molecule has 0 aliphatic carbocycles. The molecule has 3 rings (SSSR count). The summed E-state index contributed by atoms with van der Waals surface area (Å²) in [6, 6.07) is 8.77. The summed E-state index contributed by atoms with van der Waals surface area (Å²) in [6.07, 6.45) is -0.0287. The van der Waals surface area contributed by atoms with E-state index in [1.165, 1.54) is 11.3 Å². The fourth-order valence-electron chi connectivity index (χ4n) is 2.96. The number of fused-ring (bicyclic) bond motifs is 1. The van der Waals surface area contributed by atoms with Gasteiger partial charge in [0, 0.05) is 13.0 Å². The first-order valence-corrected chi connectivity index (χ1v) is 9.39. The zero-order valence-electron chi connectivity index (χ0n) is 15.3. The molecule has 1 aliphatic heterocycles. The maximum atomic E-state index is 12.3. The van der Waals surface area contributed by atoms with Crippen LogP contribution < -0.4 is 5.32 Å². The molecule has 0 atom stereocenters. The highest BCUT2D eigenvalue weighted by Gasteiger charge is 2.35. The van der Waals surface area contributed by atoms with Crippen LogP contribution in [-0.4, -0.2) is 29.2 Å². The number of nitrogens with one attached hydrogen (secondary N) is 1. The molecule has 0 spiro atoms. The molecule has 1 aliphatic rings. The van der Waals surface area contributed by atoms with Crippen molar-refractivity contribution >= 4 is 34.1 Å². The summed E-state index contributed by atoms with van der Waals surface area (Å²) in [5.74, 6) is -1.11. The number of hydrogen-bond acceptors (Lipinski definition) is 5. The van der Waals surface area contributed by atoms with Crippen LogP contribution >= 0.6 is 11.3 Å². The number of imide groups is 1. The average molecular weight is 381 g/mol. The molecule has 1 N–H and O–H groups in total. The molecular formula is C20H19N3O3S. The summed E-state index contributed by atoms with van der Waals surface area (Å²) in [5, 5.41) is 14.5. The minimum absolute atomic E-state index is 0.00241. The van der Waals surface area contributed by atoms with Gasteiger partial charge in [0.1, 0.15) is 11.1 Å². The van der Waals surface area contributed by atoms with E-state index in [0.29, 0.717) is 21.7 Å². The molecule has 0 saturated carbocycles. The molecule has 3 amide bonds. The highest BCUT2D eigenvalue weighted by atomic mass is 32.1. The van der Waals surface area contributed by atoms with Crippen molar-refractivity contribution in [2.45, 2.75) is 32.6 Å². The smallest absolute Gasteiger partial charge is 0.261 e. The summed E-state index contributed by atoms with van der Waals surface area (Å²) < 4.78 is 0. The van der Waals surface area contributed by atoms with E-state index in [1.807, 2.05) is 26.2 Å². The second kappa shape index (κ2) is 6.97. The number of thiophene rings is 1. The van der Waals surface area contributed by atoms with Crippen molar-refractivity contribution in [3.63, 3.8) is 0 Å². The third-order valence-electron chi connectivity index (χ3n) is 4.40. The first-order valence-electron chi connectivity index (χ1n) is 8.51. The molecule has 0 radical (unpaired) electrons. The van der Waals surface area contributed by atoms with Crippen molar-refractivity contribution in [2.75, 3.05) is 11.9 Å². The van der Waals surface area contributed by atoms with E-state index in [0.717, 1.165) is 10.5 Å². The number of nitrogens with zero attached hydrogens (tertiary/aromatic N) is 2. The monoisotopic (exact) mass is 381 g/mol. The standard InChI is InChI=1S/C20H19N3O3S/c1-20(2,3)15-11-27-17(14(15)10-21)22-16(24)8-9-23-18(25)12-6-4-5-7-13(12)19(23)26/h4-7,11H,8-9H2,1-3H3,(H,22,24). The maximum Gasteiger partial charge on any atom is 0.261 e. The molecule has 27 heavy (non-hydrogen) atoms. The summed E-state index contributed by atoms with van der Waals surface area (Å²) in [6.45, 7) is 6.01. The second-order valence-corrected chi connectivity index (χ2v) is 8.20. The number of rotatable bonds is 4. The molecule has 2 heterocycles. The molecule has 0 fully saturated rings. The number of carbonyl (C=O) groups excluding carboxylic acids is 3. The molecule has 1 aromatic heterocycles. The van der Waals surface area contributed by atoms with Crippen molar-refractivity contribution in [2.24, 2.45) is 0 Å². The van der Waals surface area contributed by atoms with Gasteiger partial charge >= 0.3 is 0 Å². The van der Waals surface area contributed by atoms with Crippen LogP contribution in [0.15, 0.2) is 29.6 Å². The first kappa shape index (κ1) is 18.8. The third kappa shape index (κ3) is 3.49. The quantitative estimate of drug-likeness (QED) is 0.820. The van der Waals surface area contributed by atoms with E-state index < -0.39 is 0 Å². The van der Waals surface area contributed by atoms with E-state index >= 15 is 0 Å². The van der Waals surface area contributed by atoms with Gasteiger partial charge in [0.05, 0.1) is 16.7 Å². The second-order valence-electron chi connectivity index (χ2n) is 7.32. The van der Waals surface area contributed by atoms with Gasteiger partial charge < -0.3 is 5.32 Å². The van der Waals surface area contributed by atoms with E-state index in [2.05, 4.69) is 11.4 Å². The summed E-state index contributed by atoms with van der Waals surface area (Å²) in [4.78, 5) is 38.1. The van der Waals surface area contributed by atoms with Crippen molar-refractivity contribution in [1.29, 1.82) is 5.26 Å². The minimum atomic E-state index is -0.382. The fourth-order valence-corrected chi connectivity index (χ4v) is 4.11. The van der Waals surface area contributed by atoms with Gasteiger partial charge in [-0.1, -0.05) is 32.9 Å². The molecule has 0 saturated heterocycles.